The van der Waals surface area contributed by atoms with Crippen molar-refractivity contribution in [1.29, 1.82) is 0 Å². The van der Waals surface area contributed by atoms with Crippen LogP contribution in [0.25, 0.3) is 16.3 Å². The summed E-state index contributed by atoms with van der Waals surface area (Å²) in [5, 5.41) is 17.3. The first-order valence-corrected chi connectivity index (χ1v) is 8.78. The van der Waals surface area contributed by atoms with Crippen LogP contribution in [0.1, 0.15) is 22.9 Å². The molecule has 27 heavy (non-hydrogen) atoms. The fourth-order valence-corrected chi connectivity index (χ4v) is 3.75. The van der Waals surface area contributed by atoms with E-state index in [4.69, 9.17) is 22.1 Å². The van der Waals surface area contributed by atoms with E-state index in [2.05, 4.69) is 32.8 Å². The molecule has 0 saturated carbocycles. The van der Waals surface area contributed by atoms with Crippen LogP contribution in [0.5, 0.6) is 5.75 Å². The zero-order chi connectivity index (χ0) is 18.4. The number of nitrogens with two attached hydrogens (primary N) is 1. The first-order chi connectivity index (χ1) is 13.2. The molecule has 1 aromatic heterocycles. The number of tetrazole rings is 1. The molecular formula is C20H14ClN5O. The molecule has 0 aliphatic carbocycles. The molecule has 2 heterocycles. The lowest BCUT2D eigenvalue weighted by molar-refractivity contribution is 0.405. The smallest absolute Gasteiger partial charge is 0.206 e. The number of rotatable bonds is 2. The molecule has 3 N–H and O–H groups in total. The van der Waals surface area contributed by atoms with Gasteiger partial charge >= 0.3 is 0 Å². The Labute approximate surface area is 159 Å². The molecule has 3 aromatic carbocycles. The first-order valence-electron chi connectivity index (χ1n) is 8.41. The Bertz CT molecular complexity index is 1170. The van der Waals surface area contributed by atoms with E-state index < -0.39 is 0 Å². The molecule has 7 heteroatoms. The van der Waals surface area contributed by atoms with E-state index in [1.807, 2.05) is 48.5 Å². The highest BCUT2D eigenvalue weighted by Gasteiger charge is 2.34. The van der Waals surface area contributed by atoms with Crippen LogP contribution in [-0.4, -0.2) is 20.6 Å². The van der Waals surface area contributed by atoms with Gasteiger partial charge in [-0.05, 0) is 39.7 Å². The average molecular weight is 376 g/mol. The maximum atomic E-state index is 6.30. The van der Waals surface area contributed by atoms with Crippen LogP contribution in [0.3, 0.4) is 0 Å². The zero-order valence-corrected chi connectivity index (χ0v) is 14.8. The topological polar surface area (TPSA) is 89.7 Å². The van der Waals surface area contributed by atoms with Gasteiger partial charge in [-0.25, -0.2) is 0 Å². The Morgan fingerprint density at radius 3 is 2.59 bits per heavy atom. The molecular weight excluding hydrogens is 362 g/mol. The number of nitrogens with one attached hydrogen (secondary N) is 1. The van der Waals surface area contributed by atoms with Crippen molar-refractivity contribution in [2.24, 2.45) is 5.73 Å². The summed E-state index contributed by atoms with van der Waals surface area (Å²) < 4.78 is 5.96. The number of aromatic amines is 1. The quantitative estimate of drug-likeness (QED) is 0.555. The fraction of sp³-hybridized carbons (Fsp3) is 0.0500. The highest BCUT2D eigenvalue weighted by Crippen LogP contribution is 2.48. The average Bonchev–Trinajstić information content (AvgIpc) is 3.21. The molecule has 0 spiro atoms. The van der Waals surface area contributed by atoms with Gasteiger partial charge in [0.2, 0.25) is 5.82 Å². The molecule has 1 atom stereocenters. The van der Waals surface area contributed by atoms with E-state index in [-0.39, 0.29) is 11.8 Å². The van der Waals surface area contributed by atoms with Gasteiger partial charge in [-0.1, -0.05) is 54.1 Å². The molecule has 0 amide bonds. The third-order valence-corrected chi connectivity index (χ3v) is 5.03. The predicted molar refractivity (Wildman–Crippen MR) is 103 cm³/mol. The van der Waals surface area contributed by atoms with Crippen LogP contribution in [0, 0.1) is 0 Å². The van der Waals surface area contributed by atoms with Crippen LogP contribution in [0.4, 0.5) is 0 Å². The summed E-state index contributed by atoms with van der Waals surface area (Å²) in [7, 11) is 0. The van der Waals surface area contributed by atoms with Gasteiger partial charge in [0.1, 0.15) is 5.75 Å². The third kappa shape index (κ3) is 2.53. The summed E-state index contributed by atoms with van der Waals surface area (Å²) in [5.74, 6) is 1.18. The Hall–Kier alpha value is -3.38. The van der Waals surface area contributed by atoms with Crippen LogP contribution < -0.4 is 10.5 Å². The molecule has 1 unspecified atom stereocenters. The summed E-state index contributed by atoms with van der Waals surface area (Å²) in [6.07, 6.45) is 0. The van der Waals surface area contributed by atoms with Crippen molar-refractivity contribution in [3.63, 3.8) is 0 Å². The van der Waals surface area contributed by atoms with Gasteiger partial charge in [0.15, 0.2) is 5.88 Å². The number of hydrogen-bond donors (Lipinski definition) is 2. The van der Waals surface area contributed by atoms with E-state index in [9.17, 15) is 0 Å². The molecule has 4 aromatic rings. The number of fused-ring (bicyclic) bond motifs is 3. The lowest BCUT2D eigenvalue weighted by Crippen LogP contribution is -2.22. The number of nitrogens with zero attached hydrogens (tertiary/aromatic N) is 3. The highest BCUT2D eigenvalue weighted by atomic mass is 35.5. The van der Waals surface area contributed by atoms with Crippen molar-refractivity contribution < 1.29 is 4.74 Å². The summed E-state index contributed by atoms with van der Waals surface area (Å²) >= 11 is 6.11. The maximum Gasteiger partial charge on any atom is 0.206 e. The Morgan fingerprint density at radius 1 is 1.00 bits per heavy atom. The fourth-order valence-electron chi connectivity index (χ4n) is 3.63. The number of halogens is 1. The zero-order valence-electron chi connectivity index (χ0n) is 14.1. The molecule has 0 bridgehead atoms. The first kappa shape index (κ1) is 15.8. The predicted octanol–water partition coefficient (Wildman–Crippen LogP) is 3.86. The SMILES string of the molecule is NC1=C(c2nn[nH]n2)C(c2ccc(Cl)cc2)c2c(ccc3ccccc23)O1. The molecule has 0 radical (unpaired) electrons. The Morgan fingerprint density at radius 2 is 1.81 bits per heavy atom. The molecule has 0 saturated heterocycles. The second kappa shape index (κ2) is 6.10. The lowest BCUT2D eigenvalue weighted by atomic mass is 9.80. The summed E-state index contributed by atoms with van der Waals surface area (Å²) in [5.41, 5.74) is 9.01. The van der Waals surface area contributed by atoms with Crippen molar-refractivity contribution in [3.8, 4) is 5.75 Å². The minimum absolute atomic E-state index is 0.213. The van der Waals surface area contributed by atoms with Crippen LogP contribution in [-0.2, 0) is 0 Å². The number of hydrogen-bond acceptors (Lipinski definition) is 5. The minimum atomic E-state index is -0.213. The van der Waals surface area contributed by atoms with Gasteiger partial charge in [0.25, 0.3) is 0 Å². The Kier molecular flexibility index (Phi) is 3.58. The van der Waals surface area contributed by atoms with Gasteiger partial charge < -0.3 is 10.5 Å². The number of ether oxygens (including phenoxy) is 1. The number of allylic oxidation sites excluding steroid dienone is 1. The van der Waals surface area contributed by atoms with Crippen molar-refractivity contribution in [2.75, 3.05) is 0 Å². The normalized spacial score (nSPS) is 16.3. The molecule has 1 aliphatic heterocycles. The van der Waals surface area contributed by atoms with Crippen molar-refractivity contribution >= 4 is 27.9 Å². The van der Waals surface area contributed by atoms with Gasteiger partial charge in [-0.15, -0.1) is 10.2 Å². The second-order valence-electron chi connectivity index (χ2n) is 6.30. The minimum Gasteiger partial charge on any atom is -0.441 e. The third-order valence-electron chi connectivity index (χ3n) is 4.78. The molecule has 1 aliphatic rings. The van der Waals surface area contributed by atoms with Crippen molar-refractivity contribution in [3.05, 3.63) is 88.5 Å². The Balaban J connectivity index is 1.84. The van der Waals surface area contributed by atoms with Crippen LogP contribution in [0.2, 0.25) is 5.02 Å². The van der Waals surface area contributed by atoms with E-state index in [1.165, 1.54) is 0 Å². The summed E-state index contributed by atoms with van der Waals surface area (Å²) in [6.45, 7) is 0. The van der Waals surface area contributed by atoms with E-state index >= 15 is 0 Å². The van der Waals surface area contributed by atoms with E-state index in [0.717, 1.165) is 27.6 Å². The lowest BCUT2D eigenvalue weighted by Gasteiger charge is -2.29. The van der Waals surface area contributed by atoms with E-state index in [0.29, 0.717) is 16.4 Å². The number of H-pyrrole nitrogens is 1. The molecule has 6 nitrogen and oxygen atoms in total. The summed E-state index contributed by atoms with van der Waals surface area (Å²) in [4.78, 5) is 0. The van der Waals surface area contributed by atoms with Crippen LogP contribution >= 0.6 is 11.6 Å². The molecule has 0 fully saturated rings. The van der Waals surface area contributed by atoms with Gasteiger partial charge in [-0.2, -0.15) is 5.21 Å². The summed E-state index contributed by atoms with van der Waals surface area (Å²) in [6, 6.07) is 19.8. The van der Waals surface area contributed by atoms with Gasteiger partial charge in [0.05, 0.1) is 5.57 Å². The number of aromatic nitrogens is 4. The van der Waals surface area contributed by atoms with Crippen LogP contribution in [0.15, 0.2) is 66.5 Å². The van der Waals surface area contributed by atoms with Crippen molar-refractivity contribution in [2.45, 2.75) is 5.92 Å². The molecule has 132 valence electrons. The largest absolute Gasteiger partial charge is 0.441 e. The standard InChI is InChI=1S/C20H14ClN5O/c21-13-8-5-12(6-9-13)16-17-14-4-2-1-3-11(14)7-10-15(17)27-19(22)18(16)20-23-25-26-24-20/h1-10,16H,22H2,(H,23,24,25,26). The van der Waals surface area contributed by atoms with Gasteiger partial charge in [0, 0.05) is 16.5 Å². The van der Waals surface area contributed by atoms with Gasteiger partial charge in [-0.3, -0.25) is 0 Å². The molecule has 5 rings (SSSR count). The highest BCUT2D eigenvalue weighted by molar-refractivity contribution is 6.30. The second-order valence-corrected chi connectivity index (χ2v) is 6.73. The van der Waals surface area contributed by atoms with E-state index in [1.54, 1.807) is 0 Å². The monoisotopic (exact) mass is 375 g/mol. The number of benzene rings is 3. The van der Waals surface area contributed by atoms with Crippen molar-refractivity contribution in [1.82, 2.24) is 20.6 Å². The maximum absolute atomic E-state index is 6.30.